The molecule has 0 bridgehead atoms. The van der Waals surface area contributed by atoms with Crippen LogP contribution in [0.5, 0.6) is 0 Å². The van der Waals surface area contributed by atoms with Crippen molar-refractivity contribution in [1.29, 1.82) is 0 Å². The number of fused-ring (bicyclic) bond motifs is 3. The van der Waals surface area contributed by atoms with Crippen molar-refractivity contribution < 1.29 is 19.5 Å². The van der Waals surface area contributed by atoms with Crippen molar-refractivity contribution in [3.8, 4) is 0 Å². The van der Waals surface area contributed by atoms with Crippen molar-refractivity contribution in [3.05, 3.63) is 78.9 Å². The van der Waals surface area contributed by atoms with Crippen LogP contribution in [0.1, 0.15) is 12.8 Å². The molecule has 0 aliphatic carbocycles. The molecule has 5 atom stereocenters. The number of unbranched alkanes of at least 4 members (excludes halogenated alkanes) is 1. The lowest BCUT2D eigenvalue weighted by atomic mass is 9.78. The molecule has 216 valence electrons. The third kappa shape index (κ3) is 4.17. The summed E-state index contributed by atoms with van der Waals surface area (Å²) in [6, 6.07) is 16.4. The average molecular weight is 585 g/mol. The maximum absolute atomic E-state index is 14.5. The van der Waals surface area contributed by atoms with E-state index in [0.717, 1.165) is 16.7 Å². The van der Waals surface area contributed by atoms with E-state index in [-0.39, 0.29) is 36.2 Å². The van der Waals surface area contributed by atoms with E-state index in [9.17, 15) is 19.5 Å². The molecule has 2 saturated heterocycles. The number of nitrogens with zero attached hydrogens (tertiary/aromatic N) is 6. The molecule has 1 aromatic heterocycles. The third-order valence-corrected chi connectivity index (χ3v) is 10.6. The molecule has 2 fully saturated rings. The van der Waals surface area contributed by atoms with Gasteiger partial charge in [0.25, 0.3) is 0 Å². The monoisotopic (exact) mass is 584 g/mol. The quantitative estimate of drug-likeness (QED) is 0.336. The fraction of sp³-hybridized carbons (Fsp3) is 0.387. The second-order valence-electron chi connectivity index (χ2n) is 11.2. The van der Waals surface area contributed by atoms with Crippen LogP contribution in [-0.2, 0) is 21.1 Å². The van der Waals surface area contributed by atoms with Crippen LogP contribution in [0.3, 0.4) is 0 Å². The first-order valence-corrected chi connectivity index (χ1v) is 15.3. The van der Waals surface area contributed by atoms with Gasteiger partial charge in [0.05, 0.1) is 22.1 Å². The Hall–Kier alpha value is -3.96. The van der Waals surface area contributed by atoms with Gasteiger partial charge in [-0.25, -0.2) is 4.68 Å². The van der Waals surface area contributed by atoms with E-state index < -0.39 is 22.6 Å². The summed E-state index contributed by atoms with van der Waals surface area (Å²) in [6.07, 6.45) is 9.13. The molecule has 0 saturated carbocycles. The molecule has 11 heteroatoms. The van der Waals surface area contributed by atoms with E-state index in [1.807, 2.05) is 78.9 Å². The predicted octanol–water partition coefficient (Wildman–Crippen LogP) is 2.46. The Balaban J connectivity index is 1.26. The first kappa shape index (κ1) is 26.9. The second-order valence-corrected chi connectivity index (χ2v) is 12.7. The second kappa shape index (κ2) is 10.7. The highest BCUT2D eigenvalue weighted by Gasteiger charge is 2.71. The maximum atomic E-state index is 14.5. The Morgan fingerprint density at radius 3 is 2.57 bits per heavy atom. The number of anilines is 1. The number of aliphatic hydroxyl groups excluding tert-OH is 1. The van der Waals surface area contributed by atoms with Crippen LogP contribution < -0.4 is 4.90 Å². The first-order chi connectivity index (χ1) is 20.5. The SMILES string of the molecule is O=C1C2N(CCCCO)C(=O)[C@@H]3[C@H]4C(=O)N(c5ccccc5)CC=C[C@H]4S[C@]23C=CCN1Cn1nnc2ccccc21. The zero-order valence-corrected chi connectivity index (χ0v) is 23.8. The molecule has 4 aliphatic heterocycles. The molecule has 1 spiro atoms. The largest absolute Gasteiger partial charge is 0.396 e. The lowest BCUT2D eigenvalue weighted by molar-refractivity contribution is -0.143. The zero-order chi connectivity index (χ0) is 28.8. The average Bonchev–Trinajstić information content (AvgIpc) is 3.56. The molecule has 1 N–H and O–H groups in total. The van der Waals surface area contributed by atoms with Crippen molar-refractivity contribution in [2.75, 3.05) is 31.1 Å². The fourth-order valence-electron chi connectivity index (χ4n) is 6.97. The number of rotatable bonds is 7. The van der Waals surface area contributed by atoms with E-state index in [0.29, 0.717) is 32.5 Å². The van der Waals surface area contributed by atoms with Gasteiger partial charge >= 0.3 is 0 Å². The van der Waals surface area contributed by atoms with Gasteiger partial charge in [0.15, 0.2) is 0 Å². The number of thioether (sulfide) groups is 1. The number of hydrogen-bond donors (Lipinski definition) is 1. The van der Waals surface area contributed by atoms with Crippen LogP contribution in [0, 0.1) is 11.8 Å². The Bertz CT molecular complexity index is 1590. The smallest absolute Gasteiger partial charge is 0.248 e. The van der Waals surface area contributed by atoms with Crippen molar-refractivity contribution in [1.82, 2.24) is 24.8 Å². The zero-order valence-electron chi connectivity index (χ0n) is 23.0. The summed E-state index contributed by atoms with van der Waals surface area (Å²) < 4.78 is 0.820. The van der Waals surface area contributed by atoms with Gasteiger partial charge < -0.3 is 19.8 Å². The van der Waals surface area contributed by atoms with Crippen LogP contribution >= 0.6 is 11.8 Å². The van der Waals surface area contributed by atoms with Gasteiger partial charge in [-0.15, -0.1) is 16.9 Å². The van der Waals surface area contributed by atoms with Crippen LogP contribution in [0.2, 0.25) is 0 Å². The van der Waals surface area contributed by atoms with Gasteiger partial charge in [0, 0.05) is 37.2 Å². The van der Waals surface area contributed by atoms with E-state index in [1.165, 1.54) is 0 Å². The summed E-state index contributed by atoms with van der Waals surface area (Å²) in [5, 5.41) is 17.8. The fourth-order valence-corrected chi connectivity index (χ4v) is 8.97. The van der Waals surface area contributed by atoms with Crippen LogP contribution in [-0.4, -0.2) is 89.9 Å². The molecule has 0 radical (unpaired) electrons. The van der Waals surface area contributed by atoms with Crippen LogP contribution in [0.15, 0.2) is 78.9 Å². The normalized spacial score (nSPS) is 28.7. The molecule has 42 heavy (non-hydrogen) atoms. The van der Waals surface area contributed by atoms with Gasteiger partial charge in [0.1, 0.15) is 18.2 Å². The molecular weight excluding hydrogens is 552 g/mol. The molecule has 3 aromatic rings. The number of para-hydroxylation sites is 2. The molecule has 10 nitrogen and oxygen atoms in total. The van der Waals surface area contributed by atoms with Crippen LogP contribution in [0.25, 0.3) is 11.0 Å². The lowest BCUT2D eigenvalue weighted by Gasteiger charge is -2.35. The number of benzene rings is 2. The topological polar surface area (TPSA) is 112 Å². The van der Waals surface area contributed by atoms with E-state index >= 15 is 0 Å². The van der Waals surface area contributed by atoms with Crippen molar-refractivity contribution in [3.63, 3.8) is 0 Å². The molecule has 4 aliphatic rings. The number of hydrogen-bond acceptors (Lipinski definition) is 7. The first-order valence-electron chi connectivity index (χ1n) is 14.4. The lowest BCUT2D eigenvalue weighted by Crippen LogP contribution is -2.53. The number of amides is 3. The minimum atomic E-state index is -0.887. The van der Waals surface area contributed by atoms with Gasteiger partial charge in [-0.3, -0.25) is 14.4 Å². The van der Waals surface area contributed by atoms with Gasteiger partial charge in [-0.05, 0) is 37.1 Å². The van der Waals surface area contributed by atoms with E-state index in [1.54, 1.807) is 31.1 Å². The summed E-state index contributed by atoms with van der Waals surface area (Å²) in [7, 11) is 0. The summed E-state index contributed by atoms with van der Waals surface area (Å²) in [6.45, 7) is 1.33. The van der Waals surface area contributed by atoms with Crippen molar-refractivity contribution in [2.45, 2.75) is 35.5 Å². The van der Waals surface area contributed by atoms with E-state index in [4.69, 9.17) is 0 Å². The van der Waals surface area contributed by atoms with E-state index in [2.05, 4.69) is 10.3 Å². The molecular formula is C31H32N6O4S. The highest BCUT2D eigenvalue weighted by Crippen LogP contribution is 2.61. The molecule has 5 heterocycles. The highest BCUT2D eigenvalue weighted by atomic mass is 32.2. The minimum absolute atomic E-state index is 0.00931. The summed E-state index contributed by atoms with van der Waals surface area (Å²) in [5.74, 6) is -1.71. The molecule has 7 rings (SSSR count). The van der Waals surface area contributed by atoms with Gasteiger partial charge in [-0.1, -0.05) is 59.8 Å². The van der Waals surface area contributed by atoms with Crippen molar-refractivity contribution >= 4 is 46.2 Å². The number of likely N-dealkylation sites (tertiary alicyclic amines) is 1. The summed E-state index contributed by atoms with van der Waals surface area (Å²) in [5.41, 5.74) is 2.36. The Morgan fingerprint density at radius 1 is 0.929 bits per heavy atom. The van der Waals surface area contributed by atoms with Crippen molar-refractivity contribution in [2.24, 2.45) is 11.8 Å². The summed E-state index contributed by atoms with van der Waals surface area (Å²) in [4.78, 5) is 48.3. The number of carbonyl (C=O) groups excluding carboxylic acids is 3. The molecule has 1 unspecified atom stereocenters. The predicted molar refractivity (Wildman–Crippen MR) is 159 cm³/mol. The maximum Gasteiger partial charge on any atom is 0.248 e. The van der Waals surface area contributed by atoms with Gasteiger partial charge in [-0.2, -0.15) is 0 Å². The third-order valence-electron chi connectivity index (χ3n) is 8.84. The Morgan fingerprint density at radius 2 is 1.74 bits per heavy atom. The highest BCUT2D eigenvalue weighted by molar-refractivity contribution is 8.02. The van der Waals surface area contributed by atoms with Crippen LogP contribution in [0.4, 0.5) is 5.69 Å². The Labute approximate surface area is 247 Å². The number of carbonyl (C=O) groups is 3. The van der Waals surface area contributed by atoms with Gasteiger partial charge in [0.2, 0.25) is 17.7 Å². The summed E-state index contributed by atoms with van der Waals surface area (Å²) >= 11 is 1.57. The number of aliphatic hydroxyl groups is 1. The number of aromatic nitrogens is 3. The molecule has 3 amide bonds. The Kier molecular flexibility index (Phi) is 6.86. The minimum Gasteiger partial charge on any atom is -0.396 e. The molecule has 2 aromatic carbocycles. The standard InChI is InChI=1S/C31H32N6O4S/c38-19-7-6-17-36-27-30(41)34(20-37-23-13-5-4-12-22(23)32-33-37)16-9-15-31(27)26(29(36)40)25-24(42-31)14-8-18-35(28(25)39)21-10-2-1-3-11-21/h1-5,8-15,24-27,38H,6-7,16-20H2/t24-,25+,26+,27?,31+/m1/s1.